The number of carbonyl (C=O) groups excluding carboxylic acids is 1. The van der Waals surface area contributed by atoms with Crippen LogP contribution in [0.4, 0.5) is 26.3 Å². The summed E-state index contributed by atoms with van der Waals surface area (Å²) in [6.45, 7) is 5.22. The first kappa shape index (κ1) is 29.1. The fourth-order valence-electron chi connectivity index (χ4n) is 3.16. The van der Waals surface area contributed by atoms with Crippen molar-refractivity contribution >= 4 is 17.8 Å². The summed E-state index contributed by atoms with van der Waals surface area (Å²) in [7, 11) is 0. The first-order valence-corrected chi connectivity index (χ1v) is 9.71. The van der Waals surface area contributed by atoms with Gasteiger partial charge in [-0.1, -0.05) is 0 Å². The molecule has 2 fully saturated rings. The molecule has 0 bridgehead atoms. The second-order valence-electron chi connectivity index (χ2n) is 7.38. The van der Waals surface area contributed by atoms with Crippen LogP contribution in [0, 0.1) is 0 Å². The topological polar surface area (TPSA) is 129 Å². The summed E-state index contributed by atoms with van der Waals surface area (Å²) in [4.78, 5) is 35.6. The zero-order valence-electron chi connectivity index (χ0n) is 17.8. The normalized spacial score (nSPS) is 20.2. The molecule has 2 saturated heterocycles. The van der Waals surface area contributed by atoms with Crippen molar-refractivity contribution in [3.63, 3.8) is 0 Å². The molecular weight excluding hydrogens is 480 g/mol. The molecule has 0 radical (unpaired) electrons. The Kier molecular flexibility index (Phi) is 10.2. The van der Waals surface area contributed by atoms with Crippen LogP contribution in [0.15, 0.2) is 24.5 Å². The van der Waals surface area contributed by atoms with E-state index in [-0.39, 0.29) is 24.2 Å². The van der Waals surface area contributed by atoms with Gasteiger partial charge in [-0.05, 0) is 37.5 Å². The number of hydrogen-bond acceptors (Lipinski definition) is 6. The molecular formula is C19H23F6N3O6. The van der Waals surface area contributed by atoms with Crippen LogP contribution in [-0.4, -0.2) is 81.6 Å². The van der Waals surface area contributed by atoms with Gasteiger partial charge in [0.1, 0.15) is 6.61 Å². The van der Waals surface area contributed by atoms with E-state index >= 15 is 0 Å². The summed E-state index contributed by atoms with van der Waals surface area (Å²) in [5, 5.41) is 17.3. The number of alkyl halides is 6. The number of morpholine rings is 1. The summed E-state index contributed by atoms with van der Waals surface area (Å²) < 4.78 is 69.4. The lowest BCUT2D eigenvalue weighted by Crippen LogP contribution is -2.62. The van der Waals surface area contributed by atoms with Gasteiger partial charge >= 0.3 is 24.3 Å². The Morgan fingerprint density at radius 1 is 1.09 bits per heavy atom. The van der Waals surface area contributed by atoms with Gasteiger partial charge < -0.3 is 20.3 Å². The highest BCUT2D eigenvalue weighted by atomic mass is 19.4. The minimum absolute atomic E-state index is 0.00217. The van der Waals surface area contributed by atoms with Gasteiger partial charge in [0.05, 0.1) is 11.6 Å². The second kappa shape index (κ2) is 12.0. The van der Waals surface area contributed by atoms with Gasteiger partial charge in [-0.15, -0.1) is 0 Å². The molecule has 0 aromatic carbocycles. The molecule has 3 N–H and O–H groups in total. The number of likely N-dealkylation sites (tertiary alicyclic amines) is 1. The number of pyridine rings is 1. The number of carbonyl (C=O) groups is 3. The van der Waals surface area contributed by atoms with E-state index in [2.05, 4.69) is 34.3 Å². The molecule has 15 heteroatoms. The van der Waals surface area contributed by atoms with E-state index in [9.17, 15) is 31.1 Å². The number of carboxylic acid groups (broad SMARTS) is 2. The quantitative estimate of drug-likeness (QED) is 0.524. The van der Waals surface area contributed by atoms with Gasteiger partial charge in [-0.25, -0.2) is 9.59 Å². The maximum Gasteiger partial charge on any atom is 0.490 e. The standard InChI is InChI=1S/C15H21N3O2.2C2HF3O2/c1-12-15(20-11-14(19)17-12)4-8-18(9-5-15)10-13-2-6-16-7-3-13;2*3-2(4,5)1(6)7/h2-3,6-7,12H,4-5,8-11H2,1H3,(H,17,19);2*(H,6,7). The summed E-state index contributed by atoms with van der Waals surface area (Å²) in [6, 6.07) is 4.22. The zero-order chi connectivity index (χ0) is 26.2. The van der Waals surface area contributed by atoms with Crippen molar-refractivity contribution in [2.24, 2.45) is 0 Å². The van der Waals surface area contributed by atoms with Gasteiger partial charge in [0.2, 0.25) is 5.91 Å². The average Bonchev–Trinajstić information content (AvgIpc) is 2.73. The van der Waals surface area contributed by atoms with Gasteiger partial charge in [-0.3, -0.25) is 14.7 Å². The van der Waals surface area contributed by atoms with Crippen LogP contribution in [0.3, 0.4) is 0 Å². The molecule has 1 aromatic heterocycles. The van der Waals surface area contributed by atoms with Crippen molar-refractivity contribution in [3.05, 3.63) is 30.1 Å². The molecule has 2 aliphatic rings. The first-order valence-electron chi connectivity index (χ1n) is 9.71. The molecule has 1 atom stereocenters. The lowest BCUT2D eigenvalue weighted by molar-refractivity contribution is -0.193. The molecule has 9 nitrogen and oxygen atoms in total. The van der Waals surface area contributed by atoms with Crippen molar-refractivity contribution in [1.29, 1.82) is 0 Å². The maximum absolute atomic E-state index is 11.4. The Morgan fingerprint density at radius 3 is 1.91 bits per heavy atom. The number of ether oxygens (including phenoxy) is 1. The highest BCUT2D eigenvalue weighted by Gasteiger charge is 2.44. The molecule has 3 rings (SSSR count). The third kappa shape index (κ3) is 9.51. The second-order valence-corrected chi connectivity index (χ2v) is 7.38. The van der Waals surface area contributed by atoms with Crippen molar-refractivity contribution in [2.75, 3.05) is 19.7 Å². The SMILES string of the molecule is CC1NC(=O)COC12CCN(Cc1ccncc1)CC2.O=C(O)C(F)(F)F.O=C(O)C(F)(F)F. The van der Waals surface area contributed by atoms with Gasteiger partial charge in [0.25, 0.3) is 0 Å². The molecule has 1 amide bonds. The molecule has 2 aliphatic heterocycles. The monoisotopic (exact) mass is 503 g/mol. The number of aromatic nitrogens is 1. The predicted octanol–water partition coefficient (Wildman–Crippen LogP) is 2.22. The van der Waals surface area contributed by atoms with E-state index in [0.717, 1.165) is 32.5 Å². The third-order valence-electron chi connectivity index (χ3n) is 5.00. The van der Waals surface area contributed by atoms with Crippen LogP contribution in [-0.2, 0) is 25.7 Å². The molecule has 1 spiro atoms. The Bertz CT molecular complexity index is 802. The number of aliphatic carboxylic acids is 2. The van der Waals surface area contributed by atoms with Crippen LogP contribution in [0.2, 0.25) is 0 Å². The van der Waals surface area contributed by atoms with Crippen LogP contribution >= 0.6 is 0 Å². The van der Waals surface area contributed by atoms with Gasteiger partial charge in [0, 0.05) is 32.0 Å². The average molecular weight is 503 g/mol. The Morgan fingerprint density at radius 2 is 1.53 bits per heavy atom. The van der Waals surface area contributed by atoms with E-state index < -0.39 is 24.3 Å². The smallest absolute Gasteiger partial charge is 0.475 e. The molecule has 0 aliphatic carbocycles. The summed E-state index contributed by atoms with van der Waals surface area (Å²) >= 11 is 0. The largest absolute Gasteiger partial charge is 0.490 e. The van der Waals surface area contributed by atoms with E-state index in [4.69, 9.17) is 24.5 Å². The number of halogens is 6. The minimum Gasteiger partial charge on any atom is -0.475 e. The lowest BCUT2D eigenvalue weighted by atomic mass is 9.83. The van der Waals surface area contributed by atoms with Crippen molar-refractivity contribution in [3.8, 4) is 0 Å². The Balaban J connectivity index is 0.000000343. The zero-order valence-corrected chi connectivity index (χ0v) is 17.8. The lowest BCUT2D eigenvalue weighted by Gasteiger charge is -2.47. The van der Waals surface area contributed by atoms with E-state index in [0.29, 0.717) is 0 Å². The number of carboxylic acids is 2. The summed E-state index contributed by atoms with van der Waals surface area (Å²) in [5.74, 6) is -5.51. The summed E-state index contributed by atoms with van der Waals surface area (Å²) in [5.41, 5.74) is 1.13. The Hall–Kier alpha value is -2.94. The number of rotatable bonds is 2. The predicted molar refractivity (Wildman–Crippen MR) is 102 cm³/mol. The van der Waals surface area contributed by atoms with Crippen molar-refractivity contribution in [2.45, 2.75) is 50.3 Å². The fraction of sp³-hybridized carbons (Fsp3) is 0.579. The van der Waals surface area contributed by atoms with E-state index in [1.807, 2.05) is 12.4 Å². The van der Waals surface area contributed by atoms with Crippen molar-refractivity contribution in [1.82, 2.24) is 15.2 Å². The van der Waals surface area contributed by atoms with Crippen molar-refractivity contribution < 1.29 is 55.7 Å². The molecule has 0 saturated carbocycles. The number of hydrogen-bond donors (Lipinski definition) is 3. The van der Waals surface area contributed by atoms with Crippen LogP contribution in [0.25, 0.3) is 0 Å². The van der Waals surface area contributed by atoms with Gasteiger partial charge in [-0.2, -0.15) is 26.3 Å². The van der Waals surface area contributed by atoms with Crippen LogP contribution in [0.5, 0.6) is 0 Å². The number of amides is 1. The number of nitrogens with zero attached hydrogens (tertiary/aromatic N) is 2. The van der Waals surface area contributed by atoms with Gasteiger partial charge in [0.15, 0.2) is 0 Å². The van der Waals surface area contributed by atoms with E-state index in [1.165, 1.54) is 5.56 Å². The molecule has 1 aromatic rings. The maximum atomic E-state index is 11.4. The fourth-order valence-corrected chi connectivity index (χ4v) is 3.16. The molecule has 1 unspecified atom stereocenters. The van der Waals surface area contributed by atoms with E-state index in [1.54, 1.807) is 0 Å². The Labute approximate surface area is 189 Å². The highest BCUT2D eigenvalue weighted by Crippen LogP contribution is 2.32. The summed E-state index contributed by atoms with van der Waals surface area (Å²) in [6.07, 6.45) is -4.55. The minimum atomic E-state index is -5.08. The molecule has 3 heterocycles. The highest BCUT2D eigenvalue weighted by molar-refractivity contribution is 5.78. The van der Waals surface area contributed by atoms with Crippen LogP contribution in [0.1, 0.15) is 25.3 Å². The first-order chi connectivity index (χ1) is 15.6. The molecule has 192 valence electrons. The third-order valence-corrected chi connectivity index (χ3v) is 5.00. The number of nitrogens with one attached hydrogen (secondary N) is 1. The number of piperidine rings is 1. The van der Waals surface area contributed by atoms with Crippen LogP contribution < -0.4 is 5.32 Å². The molecule has 34 heavy (non-hydrogen) atoms.